The Morgan fingerprint density at radius 1 is 0.714 bits per heavy atom. The van der Waals surface area contributed by atoms with Gasteiger partial charge in [0.2, 0.25) is 0 Å². The van der Waals surface area contributed by atoms with Crippen LogP contribution in [0.2, 0.25) is 0 Å². The van der Waals surface area contributed by atoms with Crippen LogP contribution in [0.4, 0.5) is 0 Å². The Morgan fingerprint density at radius 2 is 1.07 bits per heavy atom. The quantitative estimate of drug-likeness (QED) is 0.630. The van der Waals surface area contributed by atoms with E-state index in [4.69, 9.17) is 8.83 Å². The molecule has 28 heavy (non-hydrogen) atoms. The first-order chi connectivity index (χ1) is 13.4. The van der Waals surface area contributed by atoms with Gasteiger partial charge in [-0.15, -0.1) is 0 Å². The molecule has 0 fully saturated rings. The molecule has 2 unspecified atom stereocenters. The van der Waals surface area contributed by atoms with E-state index < -0.39 is 0 Å². The van der Waals surface area contributed by atoms with E-state index in [1.807, 2.05) is 26.0 Å². The van der Waals surface area contributed by atoms with Crippen molar-refractivity contribution in [3.05, 3.63) is 83.7 Å². The van der Waals surface area contributed by atoms with Crippen LogP contribution in [0.1, 0.15) is 58.2 Å². The van der Waals surface area contributed by atoms with Crippen molar-refractivity contribution in [3.8, 4) is 0 Å². The third-order valence-corrected chi connectivity index (χ3v) is 5.09. The van der Waals surface area contributed by atoms with Crippen molar-refractivity contribution in [3.63, 3.8) is 0 Å². The van der Waals surface area contributed by atoms with Gasteiger partial charge in [-0.05, 0) is 62.4 Å². The predicted molar refractivity (Wildman–Crippen MR) is 105 cm³/mol. The van der Waals surface area contributed by atoms with E-state index in [0.29, 0.717) is 11.1 Å². The lowest BCUT2D eigenvalue weighted by molar-refractivity contribution is 0.0715. The summed E-state index contributed by atoms with van der Waals surface area (Å²) in [6.07, 6.45) is 3.18. The van der Waals surface area contributed by atoms with E-state index in [2.05, 4.69) is 0 Å². The minimum Gasteiger partial charge on any atom is -0.467 e. The summed E-state index contributed by atoms with van der Waals surface area (Å²) in [7, 11) is 3.46. The molecule has 0 aliphatic carbocycles. The molecule has 0 saturated carbocycles. The molecular weight excluding hydrogens is 356 g/mol. The molecule has 2 amide bonds. The second-order valence-electron chi connectivity index (χ2n) is 6.79. The maximum atomic E-state index is 12.7. The second-order valence-corrected chi connectivity index (χ2v) is 6.79. The average molecular weight is 380 g/mol. The lowest BCUT2D eigenvalue weighted by Crippen LogP contribution is -2.30. The van der Waals surface area contributed by atoms with Crippen molar-refractivity contribution in [1.29, 1.82) is 0 Å². The Kier molecular flexibility index (Phi) is 5.68. The van der Waals surface area contributed by atoms with E-state index in [0.717, 1.165) is 11.5 Å². The van der Waals surface area contributed by atoms with Gasteiger partial charge in [-0.2, -0.15) is 0 Å². The van der Waals surface area contributed by atoms with Crippen LogP contribution >= 0.6 is 0 Å². The summed E-state index contributed by atoms with van der Waals surface area (Å²) in [4.78, 5) is 28.7. The third kappa shape index (κ3) is 3.86. The lowest BCUT2D eigenvalue weighted by Gasteiger charge is -2.24. The fourth-order valence-corrected chi connectivity index (χ4v) is 2.95. The molecule has 3 rings (SSSR count). The number of hydrogen-bond acceptors (Lipinski definition) is 4. The number of furan rings is 2. The van der Waals surface area contributed by atoms with Gasteiger partial charge in [0.25, 0.3) is 11.8 Å². The molecule has 0 spiro atoms. The molecule has 3 aromatic rings. The second kappa shape index (κ2) is 8.17. The SMILES string of the molecule is CC(c1ccco1)N(C)C(=O)c1ccc(C(=O)N(C)C(C)c2ccco2)cc1. The molecule has 0 aliphatic rings. The number of benzene rings is 1. The Morgan fingerprint density at radius 3 is 1.36 bits per heavy atom. The van der Waals surface area contributed by atoms with Crippen molar-refractivity contribution < 1.29 is 18.4 Å². The third-order valence-electron chi connectivity index (χ3n) is 5.09. The Bertz CT molecular complexity index is 837. The number of carbonyl (C=O) groups excluding carboxylic acids is 2. The Hall–Kier alpha value is -3.28. The van der Waals surface area contributed by atoms with E-state index in [-0.39, 0.29) is 23.9 Å². The molecule has 0 saturated heterocycles. The number of nitrogens with zero attached hydrogens (tertiary/aromatic N) is 2. The molecule has 6 heteroatoms. The van der Waals surface area contributed by atoms with Gasteiger partial charge in [0.15, 0.2) is 0 Å². The monoisotopic (exact) mass is 380 g/mol. The van der Waals surface area contributed by atoms with Crippen LogP contribution in [-0.2, 0) is 0 Å². The zero-order valence-electron chi connectivity index (χ0n) is 16.5. The molecule has 146 valence electrons. The van der Waals surface area contributed by atoms with Gasteiger partial charge in [0.1, 0.15) is 11.5 Å². The van der Waals surface area contributed by atoms with Gasteiger partial charge in [-0.1, -0.05) is 0 Å². The topological polar surface area (TPSA) is 66.9 Å². The fourth-order valence-electron chi connectivity index (χ4n) is 2.95. The van der Waals surface area contributed by atoms with Gasteiger partial charge in [0.05, 0.1) is 24.6 Å². The molecule has 0 radical (unpaired) electrons. The van der Waals surface area contributed by atoms with Gasteiger partial charge in [-0.25, -0.2) is 0 Å². The molecular formula is C22H24N2O4. The Balaban J connectivity index is 1.70. The molecule has 1 aromatic carbocycles. The first-order valence-electron chi connectivity index (χ1n) is 9.11. The molecule has 2 aromatic heterocycles. The summed E-state index contributed by atoms with van der Waals surface area (Å²) in [5, 5.41) is 0. The van der Waals surface area contributed by atoms with Crippen LogP contribution in [0.15, 0.2) is 69.9 Å². The number of amides is 2. The first kappa shape index (κ1) is 19.5. The average Bonchev–Trinajstić information content (AvgIpc) is 3.44. The molecule has 6 nitrogen and oxygen atoms in total. The molecule has 2 heterocycles. The Labute approximate surface area is 164 Å². The summed E-state index contributed by atoms with van der Waals surface area (Å²) in [6.45, 7) is 3.80. The van der Waals surface area contributed by atoms with Crippen LogP contribution in [0, 0.1) is 0 Å². The van der Waals surface area contributed by atoms with Crippen LogP contribution in [0.3, 0.4) is 0 Å². The largest absolute Gasteiger partial charge is 0.467 e. The van der Waals surface area contributed by atoms with Crippen molar-refractivity contribution in [2.24, 2.45) is 0 Å². The number of rotatable bonds is 6. The molecule has 0 N–H and O–H groups in total. The van der Waals surface area contributed by atoms with E-state index in [1.54, 1.807) is 72.8 Å². The first-order valence-corrected chi connectivity index (χ1v) is 9.11. The van der Waals surface area contributed by atoms with Crippen molar-refractivity contribution >= 4 is 11.8 Å². The van der Waals surface area contributed by atoms with E-state index >= 15 is 0 Å². The lowest BCUT2D eigenvalue weighted by atomic mass is 10.1. The van der Waals surface area contributed by atoms with Crippen LogP contribution in [0.5, 0.6) is 0 Å². The summed E-state index contributed by atoms with van der Waals surface area (Å²) in [5.41, 5.74) is 1.03. The van der Waals surface area contributed by atoms with Crippen molar-refractivity contribution in [2.75, 3.05) is 14.1 Å². The van der Waals surface area contributed by atoms with Crippen LogP contribution < -0.4 is 0 Å². The van der Waals surface area contributed by atoms with Gasteiger partial charge in [0, 0.05) is 25.2 Å². The van der Waals surface area contributed by atoms with Gasteiger partial charge >= 0.3 is 0 Å². The van der Waals surface area contributed by atoms with Crippen LogP contribution in [0.25, 0.3) is 0 Å². The zero-order valence-corrected chi connectivity index (χ0v) is 16.5. The van der Waals surface area contributed by atoms with E-state index in [9.17, 15) is 9.59 Å². The zero-order chi connectivity index (χ0) is 20.3. The predicted octanol–water partition coefficient (Wildman–Crippen LogP) is 4.54. The van der Waals surface area contributed by atoms with Crippen molar-refractivity contribution in [1.82, 2.24) is 9.80 Å². The normalized spacial score (nSPS) is 13.0. The van der Waals surface area contributed by atoms with Crippen molar-refractivity contribution in [2.45, 2.75) is 25.9 Å². The molecule has 0 bridgehead atoms. The highest BCUT2D eigenvalue weighted by Gasteiger charge is 2.23. The standard InChI is InChI=1S/C22H24N2O4/c1-15(19-7-5-13-27-19)23(3)21(25)17-9-11-18(12-10-17)22(26)24(4)16(2)20-8-6-14-28-20/h5-16H,1-4H3. The summed E-state index contributed by atoms with van der Waals surface area (Å²) in [6, 6.07) is 13.6. The summed E-state index contributed by atoms with van der Waals surface area (Å²) >= 11 is 0. The maximum Gasteiger partial charge on any atom is 0.254 e. The summed E-state index contributed by atoms with van der Waals surface area (Å²) in [5.74, 6) is 1.16. The number of carbonyl (C=O) groups is 2. The highest BCUT2D eigenvalue weighted by atomic mass is 16.3. The maximum absolute atomic E-state index is 12.7. The smallest absolute Gasteiger partial charge is 0.254 e. The van der Waals surface area contributed by atoms with Gasteiger partial charge in [-0.3, -0.25) is 9.59 Å². The highest BCUT2D eigenvalue weighted by molar-refractivity contribution is 5.97. The molecule has 0 aliphatic heterocycles. The summed E-state index contributed by atoms with van der Waals surface area (Å²) < 4.78 is 10.8. The van der Waals surface area contributed by atoms with Gasteiger partial charge < -0.3 is 18.6 Å². The molecule has 2 atom stereocenters. The van der Waals surface area contributed by atoms with Crippen LogP contribution in [-0.4, -0.2) is 35.7 Å². The van der Waals surface area contributed by atoms with E-state index in [1.165, 1.54) is 0 Å². The highest BCUT2D eigenvalue weighted by Crippen LogP contribution is 2.23. The minimum absolute atomic E-state index is 0.139. The number of hydrogen-bond donors (Lipinski definition) is 0. The fraction of sp³-hybridized carbons (Fsp3) is 0.273. The minimum atomic E-state index is -0.191.